The molecule has 10 heteroatoms. The molecule has 3 heterocycles. The van der Waals surface area contributed by atoms with E-state index in [1.165, 1.54) is 0 Å². The lowest BCUT2D eigenvalue weighted by atomic mass is 9.84. The van der Waals surface area contributed by atoms with Gasteiger partial charge in [0.1, 0.15) is 5.60 Å². The molecule has 2 aromatic rings. The molecule has 0 N–H and O–H groups in total. The fourth-order valence-corrected chi connectivity index (χ4v) is 4.56. The summed E-state index contributed by atoms with van der Waals surface area (Å²) in [5.74, 6) is 0. The van der Waals surface area contributed by atoms with Gasteiger partial charge in [0.25, 0.3) is 10.1 Å². The number of fused-ring (bicyclic) bond motifs is 1. The van der Waals surface area contributed by atoms with E-state index >= 15 is 0 Å². The Morgan fingerprint density at radius 3 is 2.42 bits per heavy atom. The predicted molar refractivity (Wildman–Crippen MR) is 117 cm³/mol. The van der Waals surface area contributed by atoms with Gasteiger partial charge in [-0.25, -0.2) is 4.79 Å². The molecule has 172 valence electrons. The van der Waals surface area contributed by atoms with Gasteiger partial charge in [-0.05, 0) is 59.9 Å². The zero-order valence-corrected chi connectivity index (χ0v) is 20.0. The number of amides is 1. The molecule has 0 spiro atoms. The molecule has 0 aliphatic carbocycles. The monoisotopic (exact) mass is 452 g/mol. The van der Waals surface area contributed by atoms with Crippen molar-refractivity contribution >= 4 is 27.1 Å². The van der Waals surface area contributed by atoms with Crippen molar-refractivity contribution in [2.24, 2.45) is 0 Å². The standard InChI is InChI=1S/C21H32N4O5S/c1-15-18-16(2)23-25(17(18)7-11-22-15)21(10-14-29-31(6,27)28)8-12-24(13-9-21)19(26)30-20(3,4)5/h7,11H,8-10,12-14H2,1-6H3. The molecule has 3 rings (SSSR count). The van der Waals surface area contributed by atoms with E-state index in [0.29, 0.717) is 32.4 Å². The number of pyridine rings is 1. The van der Waals surface area contributed by atoms with Crippen LogP contribution in [0, 0.1) is 13.8 Å². The van der Waals surface area contributed by atoms with Crippen LogP contribution < -0.4 is 0 Å². The molecule has 9 nitrogen and oxygen atoms in total. The second-order valence-corrected chi connectivity index (χ2v) is 10.9. The third-order valence-corrected chi connectivity index (χ3v) is 6.21. The van der Waals surface area contributed by atoms with Gasteiger partial charge in [0.2, 0.25) is 0 Å². The Morgan fingerprint density at radius 2 is 1.84 bits per heavy atom. The summed E-state index contributed by atoms with van der Waals surface area (Å²) in [6.45, 7) is 10.5. The first-order valence-electron chi connectivity index (χ1n) is 10.5. The number of rotatable bonds is 5. The van der Waals surface area contributed by atoms with Gasteiger partial charge >= 0.3 is 6.09 Å². The van der Waals surface area contributed by atoms with Gasteiger partial charge in [0, 0.05) is 30.4 Å². The van der Waals surface area contributed by atoms with Crippen molar-refractivity contribution in [3.8, 4) is 0 Å². The van der Waals surface area contributed by atoms with Crippen molar-refractivity contribution < 1.29 is 22.1 Å². The maximum absolute atomic E-state index is 12.5. The lowest BCUT2D eigenvalue weighted by Crippen LogP contribution is -2.50. The zero-order valence-electron chi connectivity index (χ0n) is 19.1. The molecule has 0 radical (unpaired) electrons. The van der Waals surface area contributed by atoms with Gasteiger partial charge in [-0.3, -0.25) is 13.8 Å². The van der Waals surface area contributed by atoms with Gasteiger partial charge < -0.3 is 9.64 Å². The van der Waals surface area contributed by atoms with Crippen LogP contribution in [0.15, 0.2) is 12.3 Å². The first-order valence-corrected chi connectivity index (χ1v) is 12.3. The fraction of sp³-hybridized carbons (Fsp3) is 0.667. The van der Waals surface area contributed by atoms with Gasteiger partial charge in [0.15, 0.2) is 0 Å². The minimum absolute atomic E-state index is 0.0513. The molecule has 1 aliphatic heterocycles. The molecule has 1 aliphatic rings. The van der Waals surface area contributed by atoms with Crippen LogP contribution in [0.5, 0.6) is 0 Å². The summed E-state index contributed by atoms with van der Waals surface area (Å²) in [6, 6.07) is 1.93. The largest absolute Gasteiger partial charge is 0.444 e. The number of hydrogen-bond donors (Lipinski definition) is 0. The number of piperidine rings is 1. The number of carbonyl (C=O) groups excluding carboxylic acids is 1. The van der Waals surface area contributed by atoms with Crippen molar-refractivity contribution in [2.75, 3.05) is 26.0 Å². The normalized spacial score (nSPS) is 17.2. The molecule has 0 bridgehead atoms. The minimum Gasteiger partial charge on any atom is -0.444 e. The molecule has 1 amide bonds. The van der Waals surface area contributed by atoms with Crippen LogP contribution in [-0.4, -0.2) is 65.7 Å². The van der Waals surface area contributed by atoms with Gasteiger partial charge in [-0.1, -0.05) is 0 Å². The Bertz CT molecular complexity index is 1060. The molecule has 0 atom stereocenters. The van der Waals surface area contributed by atoms with Gasteiger partial charge in [-0.15, -0.1) is 0 Å². The lowest BCUT2D eigenvalue weighted by molar-refractivity contribution is 0.00813. The molecule has 2 aromatic heterocycles. The molecular formula is C21H32N4O5S. The Kier molecular flexibility index (Phi) is 6.35. The van der Waals surface area contributed by atoms with Crippen LogP contribution in [0.25, 0.3) is 10.9 Å². The zero-order chi connectivity index (χ0) is 23.0. The second-order valence-electron chi connectivity index (χ2n) is 9.26. The number of likely N-dealkylation sites (tertiary alicyclic amines) is 1. The van der Waals surface area contributed by atoms with E-state index in [4.69, 9.17) is 14.0 Å². The van der Waals surface area contributed by atoms with Crippen molar-refractivity contribution in [1.82, 2.24) is 19.7 Å². The highest BCUT2D eigenvalue weighted by Gasteiger charge is 2.40. The van der Waals surface area contributed by atoms with Crippen LogP contribution in [0.4, 0.5) is 4.79 Å². The van der Waals surface area contributed by atoms with E-state index in [9.17, 15) is 13.2 Å². The molecule has 31 heavy (non-hydrogen) atoms. The van der Waals surface area contributed by atoms with Crippen molar-refractivity contribution in [1.29, 1.82) is 0 Å². The van der Waals surface area contributed by atoms with E-state index in [1.807, 2.05) is 45.4 Å². The van der Waals surface area contributed by atoms with Gasteiger partial charge in [-0.2, -0.15) is 13.5 Å². The topological polar surface area (TPSA) is 104 Å². The van der Waals surface area contributed by atoms with E-state index in [1.54, 1.807) is 11.1 Å². The number of ether oxygens (including phenoxy) is 1. The van der Waals surface area contributed by atoms with E-state index in [-0.39, 0.29) is 12.7 Å². The van der Waals surface area contributed by atoms with Crippen molar-refractivity contribution in [3.63, 3.8) is 0 Å². The average molecular weight is 453 g/mol. The first-order chi connectivity index (χ1) is 14.3. The highest BCUT2D eigenvalue weighted by atomic mass is 32.2. The maximum atomic E-state index is 12.5. The summed E-state index contributed by atoms with van der Waals surface area (Å²) < 4.78 is 35.6. The minimum atomic E-state index is -3.55. The summed E-state index contributed by atoms with van der Waals surface area (Å²) in [5, 5.41) is 5.83. The molecule has 0 saturated carbocycles. The van der Waals surface area contributed by atoms with Crippen molar-refractivity contribution in [3.05, 3.63) is 23.7 Å². The Labute approximate surface area is 183 Å². The second kappa shape index (κ2) is 8.38. The van der Waals surface area contributed by atoms with Crippen LogP contribution >= 0.6 is 0 Å². The van der Waals surface area contributed by atoms with Crippen LogP contribution in [0.3, 0.4) is 0 Å². The highest BCUT2D eigenvalue weighted by molar-refractivity contribution is 7.85. The predicted octanol–water partition coefficient (Wildman–Crippen LogP) is 3.14. The molecule has 1 saturated heterocycles. The molecular weight excluding hydrogens is 420 g/mol. The number of nitrogens with zero attached hydrogens (tertiary/aromatic N) is 4. The summed E-state index contributed by atoms with van der Waals surface area (Å²) >= 11 is 0. The van der Waals surface area contributed by atoms with E-state index in [2.05, 4.69) is 4.98 Å². The third kappa shape index (κ3) is 5.35. The summed E-state index contributed by atoms with van der Waals surface area (Å²) in [4.78, 5) is 18.6. The number of aromatic nitrogens is 3. The third-order valence-electron chi connectivity index (χ3n) is 5.62. The Balaban J connectivity index is 1.92. The summed E-state index contributed by atoms with van der Waals surface area (Å²) in [6.07, 6.45) is 4.14. The summed E-state index contributed by atoms with van der Waals surface area (Å²) in [5.41, 5.74) is 1.68. The first kappa shape index (κ1) is 23.5. The number of aryl methyl sites for hydroxylation is 2. The molecule has 0 unspecified atom stereocenters. The summed E-state index contributed by atoms with van der Waals surface area (Å²) in [7, 11) is -3.55. The van der Waals surface area contributed by atoms with Crippen LogP contribution in [0.1, 0.15) is 51.4 Å². The molecule has 0 aromatic carbocycles. The number of hydrogen-bond acceptors (Lipinski definition) is 7. The van der Waals surface area contributed by atoms with Crippen molar-refractivity contribution in [2.45, 2.75) is 65.0 Å². The average Bonchev–Trinajstić information content (AvgIpc) is 2.98. The number of carbonyl (C=O) groups is 1. The Morgan fingerprint density at radius 1 is 1.19 bits per heavy atom. The van der Waals surface area contributed by atoms with Crippen LogP contribution in [0.2, 0.25) is 0 Å². The van der Waals surface area contributed by atoms with E-state index in [0.717, 1.165) is 28.5 Å². The van der Waals surface area contributed by atoms with E-state index < -0.39 is 21.3 Å². The quantitative estimate of drug-likeness (QED) is 0.642. The highest BCUT2D eigenvalue weighted by Crippen LogP contribution is 2.37. The SMILES string of the molecule is Cc1nccc2c1c(C)nn2C1(CCOS(C)(=O)=O)CCN(C(=O)OC(C)(C)C)CC1. The molecule has 1 fully saturated rings. The fourth-order valence-electron chi connectivity index (χ4n) is 4.17. The maximum Gasteiger partial charge on any atom is 0.410 e. The van der Waals surface area contributed by atoms with Crippen LogP contribution in [-0.2, 0) is 24.6 Å². The lowest BCUT2D eigenvalue weighted by Gasteiger charge is -2.42. The smallest absolute Gasteiger partial charge is 0.410 e. The Hall–Kier alpha value is -2.20. The van der Waals surface area contributed by atoms with Gasteiger partial charge in [0.05, 0.1) is 29.6 Å².